The normalized spacial score (nSPS) is 19.5. The summed E-state index contributed by atoms with van der Waals surface area (Å²) < 4.78 is 5.19. The fourth-order valence-corrected chi connectivity index (χ4v) is 1.46. The van der Waals surface area contributed by atoms with E-state index in [4.69, 9.17) is 9.84 Å². The number of amides is 1. The van der Waals surface area contributed by atoms with E-state index in [2.05, 4.69) is 5.32 Å². The van der Waals surface area contributed by atoms with Gasteiger partial charge in [-0.05, 0) is 25.7 Å². The maximum absolute atomic E-state index is 11.3. The maximum Gasteiger partial charge on any atom is 0.315 e. The zero-order valence-electron chi connectivity index (χ0n) is 8.86. The minimum absolute atomic E-state index is 0.408. The van der Waals surface area contributed by atoms with Crippen LogP contribution in [0.1, 0.15) is 19.8 Å². The van der Waals surface area contributed by atoms with Gasteiger partial charge in [0.25, 0.3) is 0 Å². The molecule has 1 aliphatic rings. The van der Waals surface area contributed by atoms with Crippen LogP contribution in [0, 0.1) is 11.8 Å². The van der Waals surface area contributed by atoms with Crippen LogP contribution in [0.4, 0.5) is 0 Å². The van der Waals surface area contributed by atoms with Crippen LogP contribution in [0.5, 0.6) is 0 Å². The van der Waals surface area contributed by atoms with Crippen molar-refractivity contribution in [1.29, 1.82) is 0 Å². The second-order valence-electron chi connectivity index (χ2n) is 3.86. The van der Waals surface area contributed by atoms with Gasteiger partial charge < -0.3 is 15.2 Å². The lowest BCUT2D eigenvalue weighted by Crippen LogP contribution is -2.37. The molecule has 0 spiro atoms. The third kappa shape index (κ3) is 3.87. The van der Waals surface area contributed by atoms with Crippen LogP contribution in [-0.4, -0.2) is 36.7 Å². The zero-order chi connectivity index (χ0) is 11.3. The molecular weight excluding hydrogens is 198 g/mol. The average molecular weight is 215 g/mol. The Labute approximate surface area is 88.8 Å². The van der Waals surface area contributed by atoms with E-state index in [9.17, 15) is 9.59 Å². The Kier molecular flexibility index (Phi) is 4.55. The monoisotopic (exact) mass is 215 g/mol. The number of carboxylic acids is 1. The van der Waals surface area contributed by atoms with E-state index in [0.717, 1.165) is 26.1 Å². The van der Waals surface area contributed by atoms with E-state index in [1.165, 1.54) is 6.92 Å². The second kappa shape index (κ2) is 5.70. The maximum atomic E-state index is 11.3. The van der Waals surface area contributed by atoms with Crippen LogP contribution in [0.25, 0.3) is 0 Å². The molecule has 1 aliphatic heterocycles. The molecule has 1 heterocycles. The first-order valence-electron chi connectivity index (χ1n) is 5.19. The molecule has 0 saturated carbocycles. The molecule has 1 saturated heterocycles. The highest BCUT2D eigenvalue weighted by Crippen LogP contribution is 2.13. The molecular formula is C10H17NO4. The first-order chi connectivity index (χ1) is 7.11. The standard InChI is InChI=1S/C10H17NO4/c1-7(10(13)14)9(12)11-6-8-2-4-15-5-3-8/h7-8H,2-6H2,1H3,(H,11,12)(H,13,14). The van der Waals surface area contributed by atoms with Gasteiger partial charge in [0.05, 0.1) is 0 Å². The van der Waals surface area contributed by atoms with Gasteiger partial charge >= 0.3 is 5.97 Å². The third-order valence-corrected chi connectivity index (χ3v) is 2.67. The van der Waals surface area contributed by atoms with Gasteiger partial charge in [-0.15, -0.1) is 0 Å². The molecule has 1 unspecified atom stereocenters. The number of nitrogens with one attached hydrogen (secondary N) is 1. The number of carbonyl (C=O) groups is 2. The van der Waals surface area contributed by atoms with Gasteiger partial charge in [0.1, 0.15) is 5.92 Å². The Hall–Kier alpha value is -1.10. The van der Waals surface area contributed by atoms with Crippen molar-refractivity contribution in [2.75, 3.05) is 19.8 Å². The van der Waals surface area contributed by atoms with Crippen LogP contribution < -0.4 is 5.32 Å². The molecule has 2 N–H and O–H groups in total. The molecule has 0 aromatic rings. The molecule has 0 aromatic heterocycles. The number of aliphatic carboxylic acids is 1. The van der Waals surface area contributed by atoms with E-state index in [1.54, 1.807) is 0 Å². The summed E-state index contributed by atoms with van der Waals surface area (Å²) >= 11 is 0. The number of hydrogen-bond donors (Lipinski definition) is 2. The summed E-state index contributed by atoms with van der Waals surface area (Å²) in [5.74, 6) is -2.04. The first-order valence-corrected chi connectivity index (χ1v) is 5.19. The van der Waals surface area contributed by atoms with Gasteiger partial charge in [-0.1, -0.05) is 0 Å². The number of hydrogen-bond acceptors (Lipinski definition) is 3. The summed E-state index contributed by atoms with van der Waals surface area (Å²) in [4.78, 5) is 21.8. The molecule has 5 heteroatoms. The van der Waals surface area contributed by atoms with E-state index in [1.807, 2.05) is 0 Å². The highest BCUT2D eigenvalue weighted by molar-refractivity contribution is 5.96. The Morgan fingerprint density at radius 3 is 2.60 bits per heavy atom. The smallest absolute Gasteiger partial charge is 0.315 e. The minimum Gasteiger partial charge on any atom is -0.481 e. The fraction of sp³-hybridized carbons (Fsp3) is 0.800. The van der Waals surface area contributed by atoms with Crippen LogP contribution >= 0.6 is 0 Å². The highest BCUT2D eigenvalue weighted by Gasteiger charge is 2.21. The van der Waals surface area contributed by atoms with Crippen molar-refractivity contribution in [3.05, 3.63) is 0 Å². The number of carboxylic acid groups (broad SMARTS) is 1. The first kappa shape index (κ1) is 12.0. The highest BCUT2D eigenvalue weighted by atomic mass is 16.5. The summed E-state index contributed by atoms with van der Waals surface area (Å²) in [5.41, 5.74) is 0. The van der Waals surface area contributed by atoms with E-state index in [-0.39, 0.29) is 0 Å². The second-order valence-corrected chi connectivity index (χ2v) is 3.86. The molecule has 1 rings (SSSR count). The van der Waals surface area contributed by atoms with Gasteiger partial charge in [-0.2, -0.15) is 0 Å². The molecule has 0 bridgehead atoms. The SMILES string of the molecule is CC(C(=O)O)C(=O)NCC1CCOCC1. The van der Waals surface area contributed by atoms with Crippen LogP contribution in [0.3, 0.4) is 0 Å². The van der Waals surface area contributed by atoms with Crippen molar-refractivity contribution in [3.63, 3.8) is 0 Å². The van der Waals surface area contributed by atoms with E-state index < -0.39 is 17.8 Å². The van der Waals surface area contributed by atoms with Crippen molar-refractivity contribution < 1.29 is 19.4 Å². The lowest BCUT2D eigenvalue weighted by molar-refractivity contribution is -0.146. The lowest BCUT2D eigenvalue weighted by atomic mass is 10.00. The molecule has 1 atom stereocenters. The minimum atomic E-state index is -1.08. The Bertz CT molecular complexity index is 236. The lowest BCUT2D eigenvalue weighted by Gasteiger charge is -2.22. The Morgan fingerprint density at radius 1 is 1.47 bits per heavy atom. The molecule has 1 amide bonds. The molecule has 5 nitrogen and oxygen atoms in total. The fourth-order valence-electron chi connectivity index (χ4n) is 1.46. The predicted octanol–water partition coefficient (Wildman–Crippen LogP) is 0.250. The van der Waals surface area contributed by atoms with Gasteiger partial charge in [0, 0.05) is 19.8 Å². The molecule has 15 heavy (non-hydrogen) atoms. The molecule has 0 aromatic carbocycles. The van der Waals surface area contributed by atoms with Gasteiger partial charge in [-0.3, -0.25) is 9.59 Å². The van der Waals surface area contributed by atoms with Crippen molar-refractivity contribution >= 4 is 11.9 Å². The number of ether oxygens (including phenoxy) is 1. The van der Waals surface area contributed by atoms with E-state index >= 15 is 0 Å². The van der Waals surface area contributed by atoms with Crippen LogP contribution in [-0.2, 0) is 14.3 Å². The van der Waals surface area contributed by atoms with E-state index in [0.29, 0.717) is 12.5 Å². The molecule has 0 aliphatic carbocycles. The molecule has 0 radical (unpaired) electrons. The zero-order valence-corrected chi connectivity index (χ0v) is 8.86. The van der Waals surface area contributed by atoms with Gasteiger partial charge in [0.2, 0.25) is 5.91 Å². The third-order valence-electron chi connectivity index (χ3n) is 2.67. The summed E-state index contributed by atoms with van der Waals surface area (Å²) in [6.45, 7) is 3.41. The predicted molar refractivity (Wildman–Crippen MR) is 53.4 cm³/mol. The summed E-state index contributed by atoms with van der Waals surface area (Å²) in [6.07, 6.45) is 1.86. The molecule has 86 valence electrons. The number of rotatable bonds is 4. The van der Waals surface area contributed by atoms with Crippen LogP contribution in [0.2, 0.25) is 0 Å². The van der Waals surface area contributed by atoms with Crippen LogP contribution in [0.15, 0.2) is 0 Å². The summed E-state index contributed by atoms with van der Waals surface area (Å²) in [6, 6.07) is 0. The summed E-state index contributed by atoms with van der Waals surface area (Å²) in [7, 11) is 0. The largest absolute Gasteiger partial charge is 0.481 e. The topological polar surface area (TPSA) is 75.6 Å². The van der Waals surface area contributed by atoms with Crippen molar-refractivity contribution in [1.82, 2.24) is 5.32 Å². The number of carbonyl (C=O) groups excluding carboxylic acids is 1. The van der Waals surface area contributed by atoms with Gasteiger partial charge in [0.15, 0.2) is 0 Å². The Balaban J connectivity index is 2.23. The van der Waals surface area contributed by atoms with Gasteiger partial charge in [-0.25, -0.2) is 0 Å². The molecule has 1 fully saturated rings. The average Bonchev–Trinajstić information content (AvgIpc) is 2.26. The van der Waals surface area contributed by atoms with Crippen molar-refractivity contribution in [2.24, 2.45) is 11.8 Å². The quantitative estimate of drug-likeness (QED) is 0.659. The summed E-state index contributed by atoms with van der Waals surface area (Å²) in [5, 5.41) is 11.3. The van der Waals surface area contributed by atoms with Crippen molar-refractivity contribution in [2.45, 2.75) is 19.8 Å². The Morgan fingerprint density at radius 2 is 2.07 bits per heavy atom. The van der Waals surface area contributed by atoms with Crippen molar-refractivity contribution in [3.8, 4) is 0 Å².